The molecule has 1 saturated carbocycles. The molecule has 1 aliphatic carbocycles. The van der Waals surface area contributed by atoms with E-state index in [1.165, 1.54) is 25.7 Å². The summed E-state index contributed by atoms with van der Waals surface area (Å²) in [6, 6.07) is 0. The minimum atomic E-state index is -3.00. The van der Waals surface area contributed by atoms with Crippen molar-refractivity contribution in [2.75, 3.05) is 14.2 Å². The summed E-state index contributed by atoms with van der Waals surface area (Å²) in [5.41, 5.74) is -0.172. The van der Waals surface area contributed by atoms with Gasteiger partial charge in [0, 0.05) is 0 Å². The molecule has 4 heteroatoms. The molecule has 0 aromatic rings. The van der Waals surface area contributed by atoms with Crippen LogP contribution in [0.25, 0.3) is 0 Å². The summed E-state index contributed by atoms with van der Waals surface area (Å²) in [6.45, 7) is 6.21. The maximum absolute atomic E-state index is 6.15. The molecule has 0 spiro atoms. The van der Waals surface area contributed by atoms with E-state index >= 15 is 0 Å². The summed E-state index contributed by atoms with van der Waals surface area (Å²) < 4.78 is 18.1. The van der Waals surface area contributed by atoms with Crippen molar-refractivity contribution in [2.45, 2.75) is 56.8 Å². The van der Waals surface area contributed by atoms with Gasteiger partial charge in [0.15, 0.2) is 0 Å². The van der Waals surface area contributed by atoms with E-state index in [0.717, 1.165) is 0 Å². The molecule has 0 atom stereocenters. The van der Waals surface area contributed by atoms with Crippen LogP contribution in [0.3, 0.4) is 0 Å². The Morgan fingerprint density at radius 2 is 1.47 bits per heavy atom. The SMILES string of the molecule is C[O][Ge]([O]C)([O]C(C)(C)C)[CH]1CCCC1. The molecule has 0 amide bonds. The van der Waals surface area contributed by atoms with Gasteiger partial charge in [0.1, 0.15) is 0 Å². The van der Waals surface area contributed by atoms with Crippen LogP contribution >= 0.6 is 0 Å². The molecule has 1 fully saturated rings. The number of hydrogen-bond donors (Lipinski definition) is 0. The molecule has 0 heterocycles. The fourth-order valence-electron chi connectivity index (χ4n) is 2.29. The normalized spacial score (nSPS) is 19.8. The van der Waals surface area contributed by atoms with Gasteiger partial charge in [-0.1, -0.05) is 0 Å². The molecule has 1 rings (SSSR count). The second kappa shape index (κ2) is 5.17. The van der Waals surface area contributed by atoms with Crippen molar-refractivity contribution in [2.24, 2.45) is 0 Å². The molecule has 1 aliphatic rings. The zero-order valence-corrected chi connectivity index (χ0v) is 12.7. The zero-order chi connectivity index (χ0) is 11.5. The van der Waals surface area contributed by atoms with Gasteiger partial charge in [-0.15, -0.1) is 0 Å². The van der Waals surface area contributed by atoms with Crippen molar-refractivity contribution >= 4 is 14.3 Å². The summed E-state index contributed by atoms with van der Waals surface area (Å²) in [7, 11) is 3.49. The van der Waals surface area contributed by atoms with Crippen LogP contribution in [0.4, 0.5) is 0 Å². The molecule has 90 valence electrons. The maximum atomic E-state index is 6.15. The van der Waals surface area contributed by atoms with Crippen molar-refractivity contribution < 1.29 is 11.3 Å². The summed E-state index contributed by atoms with van der Waals surface area (Å²) in [5.74, 6) is 0. The topological polar surface area (TPSA) is 27.7 Å². The van der Waals surface area contributed by atoms with E-state index in [0.29, 0.717) is 4.75 Å². The summed E-state index contributed by atoms with van der Waals surface area (Å²) in [4.78, 5) is 0. The number of rotatable bonds is 4. The first kappa shape index (κ1) is 13.5. The van der Waals surface area contributed by atoms with Crippen LogP contribution in [0.5, 0.6) is 0 Å². The van der Waals surface area contributed by atoms with Gasteiger partial charge in [-0.2, -0.15) is 0 Å². The molecular weight excluding hydrogens is 253 g/mol. The first-order chi connectivity index (χ1) is 6.93. The molecule has 3 nitrogen and oxygen atoms in total. The van der Waals surface area contributed by atoms with Gasteiger partial charge in [0.05, 0.1) is 0 Å². The Bertz CT molecular complexity index is 190. The first-order valence-corrected chi connectivity index (χ1v) is 9.52. The van der Waals surface area contributed by atoms with Crippen molar-refractivity contribution in [3.05, 3.63) is 0 Å². The van der Waals surface area contributed by atoms with Crippen LogP contribution in [0.2, 0.25) is 4.75 Å². The van der Waals surface area contributed by atoms with E-state index in [1.54, 1.807) is 14.2 Å². The molecule has 0 aromatic heterocycles. The van der Waals surface area contributed by atoms with Crippen LogP contribution in [0.1, 0.15) is 46.5 Å². The van der Waals surface area contributed by atoms with Crippen molar-refractivity contribution in [3.8, 4) is 0 Å². The van der Waals surface area contributed by atoms with E-state index in [-0.39, 0.29) is 5.60 Å². The Hall–Kier alpha value is 0.423. The monoisotopic (exact) mass is 278 g/mol. The predicted molar refractivity (Wildman–Crippen MR) is 62.8 cm³/mol. The quantitative estimate of drug-likeness (QED) is 0.739. The second-order valence-electron chi connectivity index (χ2n) is 5.21. The van der Waals surface area contributed by atoms with Crippen LogP contribution < -0.4 is 0 Å². The molecule has 0 aliphatic heterocycles. The molecule has 0 radical (unpaired) electrons. The summed E-state index contributed by atoms with van der Waals surface area (Å²) in [5, 5.41) is 0. The average Bonchev–Trinajstić information content (AvgIpc) is 2.66. The molecular formula is C11H24GeO3. The predicted octanol–water partition coefficient (Wildman–Crippen LogP) is 2.98. The van der Waals surface area contributed by atoms with Crippen LogP contribution in [0, 0.1) is 0 Å². The Morgan fingerprint density at radius 3 is 1.80 bits per heavy atom. The van der Waals surface area contributed by atoms with Gasteiger partial charge in [-0.05, 0) is 0 Å². The molecule has 0 unspecified atom stereocenters. The fourth-order valence-corrected chi connectivity index (χ4v) is 8.87. The molecule has 0 saturated heterocycles. The standard InChI is InChI=1S/C11H24GeO3/c1-11(2,3)15-12(13-4,14-5)10-8-6-7-9-10/h10H,6-9H2,1-5H3. The third-order valence-electron chi connectivity index (χ3n) is 2.87. The van der Waals surface area contributed by atoms with Gasteiger partial charge < -0.3 is 0 Å². The molecule has 0 N–H and O–H groups in total. The molecule has 15 heavy (non-hydrogen) atoms. The minimum absolute atomic E-state index is 0.172. The fraction of sp³-hybridized carbons (Fsp3) is 1.00. The van der Waals surface area contributed by atoms with Crippen LogP contribution in [-0.4, -0.2) is 34.1 Å². The van der Waals surface area contributed by atoms with Crippen molar-refractivity contribution in [3.63, 3.8) is 0 Å². The van der Waals surface area contributed by atoms with E-state index < -0.39 is 14.3 Å². The Balaban J connectivity index is 2.76. The third kappa shape index (κ3) is 3.44. The van der Waals surface area contributed by atoms with Crippen LogP contribution in [0.15, 0.2) is 0 Å². The summed E-state index contributed by atoms with van der Waals surface area (Å²) >= 11 is -3.00. The Kier molecular flexibility index (Phi) is 4.65. The zero-order valence-electron chi connectivity index (χ0n) is 10.6. The average molecular weight is 277 g/mol. The van der Waals surface area contributed by atoms with Gasteiger partial charge >= 0.3 is 96.6 Å². The van der Waals surface area contributed by atoms with Gasteiger partial charge in [0.2, 0.25) is 0 Å². The first-order valence-electron chi connectivity index (χ1n) is 5.74. The third-order valence-corrected chi connectivity index (χ3v) is 10.5. The second-order valence-corrected chi connectivity index (χ2v) is 11.6. The Morgan fingerprint density at radius 1 is 1.00 bits per heavy atom. The van der Waals surface area contributed by atoms with E-state index in [1.807, 2.05) is 0 Å². The Labute approximate surface area is 96.9 Å². The molecule has 0 bridgehead atoms. The number of hydrogen-bond acceptors (Lipinski definition) is 3. The van der Waals surface area contributed by atoms with E-state index in [2.05, 4.69) is 20.8 Å². The van der Waals surface area contributed by atoms with E-state index in [4.69, 9.17) is 11.3 Å². The van der Waals surface area contributed by atoms with Gasteiger partial charge in [0.25, 0.3) is 0 Å². The molecule has 0 aromatic carbocycles. The van der Waals surface area contributed by atoms with Crippen molar-refractivity contribution in [1.82, 2.24) is 0 Å². The van der Waals surface area contributed by atoms with E-state index in [9.17, 15) is 0 Å². The van der Waals surface area contributed by atoms with Crippen LogP contribution in [-0.2, 0) is 11.3 Å². The van der Waals surface area contributed by atoms with Gasteiger partial charge in [-0.25, -0.2) is 0 Å². The summed E-state index contributed by atoms with van der Waals surface area (Å²) in [6.07, 6.45) is 4.99. The van der Waals surface area contributed by atoms with Gasteiger partial charge in [-0.3, -0.25) is 0 Å². The van der Waals surface area contributed by atoms with Crippen molar-refractivity contribution in [1.29, 1.82) is 0 Å².